The highest BCUT2D eigenvalue weighted by Crippen LogP contribution is 2.01. The first-order chi connectivity index (χ1) is 4.86. The number of rotatable bonds is 0. The van der Waals surface area contributed by atoms with Crippen LogP contribution >= 0.6 is 12.6 Å². The molecule has 4 nitrogen and oxygen atoms in total. The van der Waals surface area contributed by atoms with E-state index in [2.05, 4.69) is 27.7 Å². The van der Waals surface area contributed by atoms with Gasteiger partial charge >= 0.3 is 0 Å². The van der Waals surface area contributed by atoms with Crippen LogP contribution < -0.4 is 0 Å². The van der Waals surface area contributed by atoms with Gasteiger partial charge in [-0.25, -0.2) is 9.50 Å². The monoisotopic (exact) mass is 152 g/mol. The smallest absolute Gasteiger partial charge is 0.218 e. The lowest BCUT2D eigenvalue weighted by atomic mass is 10.7. The maximum atomic E-state index is 4.08. The van der Waals surface area contributed by atoms with E-state index in [1.54, 1.807) is 16.9 Å². The number of thiol groups is 1. The number of fused-ring (bicyclic) bond motifs is 1. The molecule has 0 aliphatic carbocycles. The zero-order valence-electron chi connectivity index (χ0n) is 4.97. The largest absolute Gasteiger partial charge is 0.252 e. The molecule has 0 aliphatic heterocycles. The van der Waals surface area contributed by atoms with E-state index >= 15 is 0 Å². The third-order valence-corrected chi connectivity index (χ3v) is 1.35. The van der Waals surface area contributed by atoms with Crippen molar-refractivity contribution in [3.8, 4) is 0 Å². The molecule has 2 aromatic rings. The van der Waals surface area contributed by atoms with E-state index in [4.69, 9.17) is 0 Å². The number of aromatic nitrogens is 4. The zero-order chi connectivity index (χ0) is 6.97. The quantitative estimate of drug-likeness (QED) is 0.556. The molecule has 0 aliphatic rings. The molecule has 10 heavy (non-hydrogen) atoms. The highest BCUT2D eigenvalue weighted by Gasteiger charge is 1.93. The molecule has 2 heterocycles. The van der Waals surface area contributed by atoms with Crippen molar-refractivity contribution in [3.63, 3.8) is 0 Å². The van der Waals surface area contributed by atoms with Crippen LogP contribution in [0.2, 0.25) is 0 Å². The molecule has 2 aromatic heterocycles. The molecule has 2 rings (SSSR count). The predicted octanol–water partition coefficient (Wildman–Crippen LogP) is 0.413. The van der Waals surface area contributed by atoms with Crippen molar-refractivity contribution in [1.82, 2.24) is 19.6 Å². The van der Waals surface area contributed by atoms with Crippen molar-refractivity contribution in [1.29, 1.82) is 0 Å². The highest BCUT2D eigenvalue weighted by molar-refractivity contribution is 7.80. The van der Waals surface area contributed by atoms with Crippen LogP contribution in [0.3, 0.4) is 0 Å². The standard InChI is InChI=1S/C5H4N4S/c10-4-1-6-5-7-3-8-9(5)2-4/h1-3,10H. The Bertz CT molecular complexity index is 355. The summed E-state index contributed by atoms with van der Waals surface area (Å²) in [5.41, 5.74) is 0. The zero-order valence-corrected chi connectivity index (χ0v) is 5.86. The molecule has 0 saturated heterocycles. The van der Waals surface area contributed by atoms with Crippen LogP contribution in [0.4, 0.5) is 0 Å². The third kappa shape index (κ3) is 0.750. The molecule has 5 heteroatoms. The molecule has 50 valence electrons. The molecule has 0 fully saturated rings. The summed E-state index contributed by atoms with van der Waals surface area (Å²) in [6.45, 7) is 0. The van der Waals surface area contributed by atoms with Crippen molar-refractivity contribution in [2.45, 2.75) is 4.90 Å². The molecule has 0 spiro atoms. The van der Waals surface area contributed by atoms with Crippen LogP contribution in [0, 0.1) is 0 Å². The maximum Gasteiger partial charge on any atom is 0.252 e. The second kappa shape index (κ2) is 1.95. The van der Waals surface area contributed by atoms with Crippen LogP contribution in [0.25, 0.3) is 5.78 Å². The summed E-state index contributed by atoms with van der Waals surface area (Å²) in [6, 6.07) is 0. The molecular formula is C5H4N4S. The Kier molecular flexibility index (Phi) is 1.10. The van der Waals surface area contributed by atoms with Crippen molar-refractivity contribution in [2.75, 3.05) is 0 Å². The molecule has 0 unspecified atom stereocenters. The van der Waals surface area contributed by atoms with Crippen molar-refractivity contribution in [2.24, 2.45) is 0 Å². The van der Waals surface area contributed by atoms with Gasteiger partial charge < -0.3 is 0 Å². The lowest BCUT2D eigenvalue weighted by molar-refractivity contribution is 0.913. The maximum absolute atomic E-state index is 4.08. The minimum atomic E-state index is 0.595. The molecule has 0 N–H and O–H groups in total. The lowest BCUT2D eigenvalue weighted by Gasteiger charge is -1.89. The average molecular weight is 152 g/mol. The van der Waals surface area contributed by atoms with Gasteiger partial charge in [0, 0.05) is 17.3 Å². The Morgan fingerprint density at radius 3 is 3.20 bits per heavy atom. The number of hydrogen-bond acceptors (Lipinski definition) is 4. The summed E-state index contributed by atoms with van der Waals surface area (Å²) in [5.74, 6) is 0.595. The van der Waals surface area contributed by atoms with Gasteiger partial charge in [-0.15, -0.1) is 12.6 Å². The molecule has 0 saturated carbocycles. The van der Waals surface area contributed by atoms with Crippen molar-refractivity contribution in [3.05, 3.63) is 18.7 Å². The van der Waals surface area contributed by atoms with E-state index in [-0.39, 0.29) is 0 Å². The van der Waals surface area contributed by atoms with E-state index in [0.29, 0.717) is 5.78 Å². The summed E-state index contributed by atoms with van der Waals surface area (Å²) in [4.78, 5) is 8.60. The fraction of sp³-hybridized carbons (Fsp3) is 0. The fourth-order valence-electron chi connectivity index (χ4n) is 0.710. The Morgan fingerprint density at radius 1 is 1.40 bits per heavy atom. The lowest BCUT2D eigenvalue weighted by Crippen LogP contribution is -1.88. The molecule has 0 aromatic carbocycles. The van der Waals surface area contributed by atoms with Gasteiger partial charge in [0.05, 0.1) is 0 Å². The Balaban J connectivity index is 2.86. The first-order valence-corrected chi connectivity index (χ1v) is 3.15. The second-order valence-electron chi connectivity index (χ2n) is 1.82. The third-order valence-electron chi connectivity index (χ3n) is 1.12. The SMILES string of the molecule is Sc1cnc2ncnn2c1. The van der Waals surface area contributed by atoms with Crippen molar-refractivity contribution >= 4 is 18.4 Å². The minimum Gasteiger partial charge on any atom is -0.218 e. The summed E-state index contributed by atoms with van der Waals surface area (Å²) in [6.07, 6.45) is 4.83. The van der Waals surface area contributed by atoms with Crippen LogP contribution in [-0.2, 0) is 0 Å². The molecule has 0 radical (unpaired) electrons. The normalized spacial score (nSPS) is 10.5. The Morgan fingerprint density at radius 2 is 2.30 bits per heavy atom. The van der Waals surface area contributed by atoms with Gasteiger partial charge in [-0.05, 0) is 0 Å². The first-order valence-electron chi connectivity index (χ1n) is 2.70. The molecule has 0 amide bonds. The topological polar surface area (TPSA) is 43.1 Å². The fourth-order valence-corrected chi connectivity index (χ4v) is 0.877. The minimum absolute atomic E-state index is 0.595. The Hall–Kier alpha value is -1.10. The summed E-state index contributed by atoms with van der Waals surface area (Å²) >= 11 is 4.08. The summed E-state index contributed by atoms with van der Waals surface area (Å²) in [7, 11) is 0. The van der Waals surface area contributed by atoms with Gasteiger partial charge in [-0.3, -0.25) is 0 Å². The van der Waals surface area contributed by atoms with Gasteiger partial charge in [0.1, 0.15) is 6.33 Å². The van der Waals surface area contributed by atoms with E-state index < -0.39 is 0 Å². The summed E-state index contributed by atoms with van der Waals surface area (Å²) < 4.78 is 1.57. The van der Waals surface area contributed by atoms with Crippen LogP contribution in [0.15, 0.2) is 23.6 Å². The molecule has 0 atom stereocenters. The van der Waals surface area contributed by atoms with Gasteiger partial charge in [0.15, 0.2) is 0 Å². The summed E-state index contributed by atoms with van der Waals surface area (Å²) in [5, 5.41) is 3.87. The highest BCUT2D eigenvalue weighted by atomic mass is 32.1. The van der Waals surface area contributed by atoms with E-state index in [0.717, 1.165) is 4.90 Å². The predicted molar refractivity (Wildman–Crippen MR) is 38.0 cm³/mol. The van der Waals surface area contributed by atoms with E-state index in [9.17, 15) is 0 Å². The van der Waals surface area contributed by atoms with E-state index in [1.807, 2.05) is 0 Å². The van der Waals surface area contributed by atoms with Crippen LogP contribution in [0.1, 0.15) is 0 Å². The molecular weight excluding hydrogens is 148 g/mol. The number of nitrogens with zero attached hydrogens (tertiary/aromatic N) is 4. The van der Waals surface area contributed by atoms with E-state index in [1.165, 1.54) is 6.33 Å². The van der Waals surface area contributed by atoms with Crippen molar-refractivity contribution < 1.29 is 0 Å². The second-order valence-corrected chi connectivity index (χ2v) is 2.33. The van der Waals surface area contributed by atoms with Crippen LogP contribution in [0.5, 0.6) is 0 Å². The molecule has 0 bridgehead atoms. The van der Waals surface area contributed by atoms with Gasteiger partial charge in [-0.2, -0.15) is 10.1 Å². The van der Waals surface area contributed by atoms with Crippen LogP contribution in [-0.4, -0.2) is 19.6 Å². The number of hydrogen-bond donors (Lipinski definition) is 1. The van der Waals surface area contributed by atoms with Gasteiger partial charge in [0.2, 0.25) is 0 Å². The Labute approximate surface area is 62.3 Å². The first kappa shape index (κ1) is 5.67. The average Bonchev–Trinajstić information content (AvgIpc) is 2.33. The van der Waals surface area contributed by atoms with Gasteiger partial charge in [-0.1, -0.05) is 0 Å². The van der Waals surface area contributed by atoms with Gasteiger partial charge in [0.25, 0.3) is 5.78 Å².